The first-order valence-corrected chi connectivity index (χ1v) is 11.7. The highest BCUT2D eigenvalue weighted by Gasteiger charge is 2.28. The van der Waals surface area contributed by atoms with Crippen molar-refractivity contribution in [1.82, 2.24) is 14.8 Å². The second-order valence-electron chi connectivity index (χ2n) is 8.17. The summed E-state index contributed by atoms with van der Waals surface area (Å²) in [6.45, 7) is 1.61. The molecule has 1 aromatic heterocycles. The summed E-state index contributed by atoms with van der Waals surface area (Å²) >= 11 is 3.50. The molecule has 0 unspecified atom stereocenters. The van der Waals surface area contributed by atoms with Crippen LogP contribution in [0.1, 0.15) is 23.3 Å². The fourth-order valence-corrected chi connectivity index (χ4v) is 4.90. The number of hydrogen-bond donors (Lipinski definition) is 1. The van der Waals surface area contributed by atoms with E-state index < -0.39 is 5.97 Å². The first-order valence-electron chi connectivity index (χ1n) is 10.9. The number of urea groups is 1. The predicted molar refractivity (Wildman–Crippen MR) is 131 cm³/mol. The van der Waals surface area contributed by atoms with Gasteiger partial charge in [-0.15, -0.1) is 0 Å². The highest BCUT2D eigenvalue weighted by atomic mass is 79.9. The number of fused-ring (bicyclic) bond motifs is 1. The highest BCUT2D eigenvalue weighted by molar-refractivity contribution is 9.10. The number of aromatic nitrogens is 1. The largest absolute Gasteiger partial charge is 0.464 e. The van der Waals surface area contributed by atoms with Crippen molar-refractivity contribution in [3.05, 3.63) is 69.1 Å². The number of esters is 1. The minimum absolute atomic E-state index is 0.0940. The molecule has 3 aromatic rings. The lowest BCUT2D eigenvalue weighted by Gasteiger charge is -2.32. The number of piperidine rings is 1. The van der Waals surface area contributed by atoms with Gasteiger partial charge in [-0.25, -0.2) is 9.59 Å². The van der Waals surface area contributed by atoms with Gasteiger partial charge in [-0.1, -0.05) is 46.3 Å². The fourth-order valence-electron chi connectivity index (χ4n) is 4.53. The van der Waals surface area contributed by atoms with Gasteiger partial charge in [0.2, 0.25) is 0 Å². The topological polar surface area (TPSA) is 80.6 Å². The number of carbonyl (C=O) groups is 2. The predicted octanol–water partition coefficient (Wildman–Crippen LogP) is 4.27. The fraction of sp³-hybridized carbons (Fsp3) is 0.320. The molecule has 0 aliphatic carbocycles. The van der Waals surface area contributed by atoms with Gasteiger partial charge in [0.25, 0.3) is 5.56 Å². The van der Waals surface area contributed by atoms with Crippen LogP contribution in [0.3, 0.4) is 0 Å². The van der Waals surface area contributed by atoms with E-state index in [4.69, 9.17) is 4.74 Å². The standard InChI is InChI=1S/C25H26BrN3O4/c1-27-25(32)28-12-10-16(11-13-28)15-29-22(24(31)33-2)21(17-6-4-3-5-7-17)20-14-18(26)8-9-19(20)23(29)30/h3-9,14,16H,10-13,15H2,1-2H3,(H,27,32). The molecule has 0 saturated carbocycles. The van der Waals surface area contributed by atoms with E-state index in [0.29, 0.717) is 36.0 Å². The van der Waals surface area contributed by atoms with Gasteiger partial charge in [0.05, 0.1) is 7.11 Å². The summed E-state index contributed by atoms with van der Waals surface area (Å²) in [5.41, 5.74) is 1.56. The Labute approximate surface area is 200 Å². The van der Waals surface area contributed by atoms with Gasteiger partial charge in [-0.2, -0.15) is 0 Å². The van der Waals surface area contributed by atoms with Gasteiger partial charge in [-0.05, 0) is 47.9 Å². The van der Waals surface area contributed by atoms with Crippen LogP contribution in [-0.4, -0.2) is 48.7 Å². The quantitative estimate of drug-likeness (QED) is 0.530. The lowest BCUT2D eigenvalue weighted by Crippen LogP contribution is -2.44. The maximum atomic E-state index is 13.6. The first-order chi connectivity index (χ1) is 15.9. The molecular formula is C25H26BrN3O4. The maximum absolute atomic E-state index is 13.6. The summed E-state index contributed by atoms with van der Waals surface area (Å²) in [5.74, 6) is -0.390. The van der Waals surface area contributed by atoms with Crippen LogP contribution < -0.4 is 10.9 Å². The lowest BCUT2D eigenvalue weighted by molar-refractivity contribution is 0.0585. The number of methoxy groups -OCH3 is 1. The molecule has 8 heteroatoms. The SMILES string of the molecule is CNC(=O)N1CCC(Cn2c(C(=O)OC)c(-c3ccccc3)c3cc(Br)ccc3c2=O)CC1. The van der Waals surface area contributed by atoms with Crippen LogP contribution in [0.15, 0.2) is 57.8 Å². The van der Waals surface area contributed by atoms with Crippen molar-refractivity contribution in [2.45, 2.75) is 19.4 Å². The molecule has 172 valence electrons. The van der Waals surface area contributed by atoms with Gasteiger partial charge in [0.15, 0.2) is 0 Å². The van der Waals surface area contributed by atoms with E-state index in [-0.39, 0.29) is 23.2 Å². The molecule has 0 atom stereocenters. The molecule has 1 aliphatic rings. The van der Waals surface area contributed by atoms with Crippen molar-refractivity contribution in [1.29, 1.82) is 0 Å². The van der Waals surface area contributed by atoms with Crippen LogP contribution in [-0.2, 0) is 11.3 Å². The van der Waals surface area contributed by atoms with Crippen LogP contribution in [0.25, 0.3) is 21.9 Å². The van der Waals surface area contributed by atoms with Crippen molar-refractivity contribution in [2.75, 3.05) is 27.2 Å². The molecule has 1 fully saturated rings. The molecule has 4 rings (SSSR count). The molecule has 2 aromatic carbocycles. The number of benzene rings is 2. The first kappa shape index (κ1) is 23.0. The number of rotatable bonds is 4. The summed E-state index contributed by atoms with van der Waals surface area (Å²) in [7, 11) is 2.95. The summed E-state index contributed by atoms with van der Waals surface area (Å²) in [5, 5.41) is 3.91. The Kier molecular flexibility index (Phi) is 6.83. The molecule has 1 saturated heterocycles. The molecule has 33 heavy (non-hydrogen) atoms. The number of pyridine rings is 1. The number of halogens is 1. The number of nitrogens with zero attached hydrogens (tertiary/aromatic N) is 2. The molecule has 2 amide bonds. The van der Waals surface area contributed by atoms with E-state index in [1.54, 1.807) is 22.6 Å². The van der Waals surface area contributed by atoms with Crippen molar-refractivity contribution < 1.29 is 14.3 Å². The third-order valence-electron chi connectivity index (χ3n) is 6.23. The van der Waals surface area contributed by atoms with E-state index in [0.717, 1.165) is 22.9 Å². The Morgan fingerprint density at radius 1 is 1.09 bits per heavy atom. The van der Waals surface area contributed by atoms with E-state index in [1.807, 2.05) is 42.5 Å². The molecule has 1 aliphatic heterocycles. The molecule has 2 heterocycles. The minimum Gasteiger partial charge on any atom is -0.464 e. The van der Waals surface area contributed by atoms with Gasteiger partial charge in [-0.3, -0.25) is 4.79 Å². The number of hydrogen-bond acceptors (Lipinski definition) is 4. The zero-order chi connectivity index (χ0) is 23.5. The zero-order valence-corrected chi connectivity index (χ0v) is 20.2. The Balaban J connectivity index is 1.87. The van der Waals surface area contributed by atoms with Crippen molar-refractivity contribution in [2.24, 2.45) is 5.92 Å². The summed E-state index contributed by atoms with van der Waals surface area (Å²) < 4.78 is 7.55. The van der Waals surface area contributed by atoms with Crippen LogP contribution in [0.5, 0.6) is 0 Å². The monoisotopic (exact) mass is 511 g/mol. The molecular weight excluding hydrogens is 486 g/mol. The van der Waals surface area contributed by atoms with Gasteiger partial charge < -0.3 is 19.5 Å². The molecule has 1 N–H and O–H groups in total. The third kappa shape index (κ3) is 4.53. The maximum Gasteiger partial charge on any atom is 0.355 e. The van der Waals surface area contributed by atoms with Crippen LogP contribution in [0, 0.1) is 5.92 Å². The third-order valence-corrected chi connectivity index (χ3v) is 6.72. The van der Waals surface area contributed by atoms with Gasteiger partial charge in [0.1, 0.15) is 5.69 Å². The molecule has 0 bridgehead atoms. The normalized spacial score (nSPS) is 14.3. The Hall–Kier alpha value is -3.13. The van der Waals surface area contributed by atoms with Crippen molar-refractivity contribution in [3.63, 3.8) is 0 Å². The number of likely N-dealkylation sites (tertiary alicyclic amines) is 1. The lowest BCUT2D eigenvalue weighted by atomic mass is 9.94. The molecule has 7 nitrogen and oxygen atoms in total. The zero-order valence-electron chi connectivity index (χ0n) is 18.6. The average molecular weight is 512 g/mol. The Morgan fingerprint density at radius 2 is 1.79 bits per heavy atom. The average Bonchev–Trinajstić information content (AvgIpc) is 2.85. The number of ether oxygens (including phenoxy) is 1. The number of carbonyl (C=O) groups excluding carboxylic acids is 2. The van der Waals surface area contributed by atoms with Gasteiger partial charge >= 0.3 is 12.0 Å². The molecule has 0 spiro atoms. The second-order valence-corrected chi connectivity index (χ2v) is 9.09. The number of nitrogens with one attached hydrogen (secondary N) is 1. The summed E-state index contributed by atoms with van der Waals surface area (Å²) in [6.07, 6.45) is 1.50. The van der Waals surface area contributed by atoms with E-state index in [2.05, 4.69) is 21.2 Å². The van der Waals surface area contributed by atoms with Crippen molar-refractivity contribution >= 4 is 38.7 Å². The smallest absolute Gasteiger partial charge is 0.355 e. The van der Waals surface area contributed by atoms with Crippen LogP contribution >= 0.6 is 15.9 Å². The molecule has 0 radical (unpaired) electrons. The Bertz CT molecular complexity index is 1250. The summed E-state index contributed by atoms with van der Waals surface area (Å²) in [6, 6.07) is 15.0. The van der Waals surface area contributed by atoms with Gasteiger partial charge in [0, 0.05) is 42.1 Å². The highest BCUT2D eigenvalue weighted by Crippen LogP contribution is 2.33. The van der Waals surface area contributed by atoms with Crippen LogP contribution in [0.2, 0.25) is 0 Å². The second kappa shape index (κ2) is 9.79. The minimum atomic E-state index is -0.546. The summed E-state index contributed by atoms with van der Waals surface area (Å²) in [4.78, 5) is 40.4. The van der Waals surface area contributed by atoms with E-state index in [9.17, 15) is 14.4 Å². The van der Waals surface area contributed by atoms with E-state index in [1.165, 1.54) is 7.11 Å². The van der Waals surface area contributed by atoms with Crippen LogP contribution in [0.4, 0.5) is 4.79 Å². The number of amides is 2. The van der Waals surface area contributed by atoms with E-state index >= 15 is 0 Å². The Morgan fingerprint density at radius 3 is 2.42 bits per heavy atom. The van der Waals surface area contributed by atoms with Crippen molar-refractivity contribution in [3.8, 4) is 11.1 Å².